The van der Waals surface area contributed by atoms with Crippen LogP contribution in [0.3, 0.4) is 0 Å². The molecule has 0 saturated heterocycles. The van der Waals surface area contributed by atoms with Gasteiger partial charge in [-0.25, -0.2) is 0 Å². The first kappa shape index (κ1) is 15.1. The minimum atomic E-state index is -0.849. The number of hydrogen-bond donors (Lipinski definition) is 2. The number of aliphatic hydroxyl groups excluding tert-OH is 1. The van der Waals surface area contributed by atoms with Crippen molar-refractivity contribution in [3.63, 3.8) is 0 Å². The molecule has 1 atom stereocenters. The van der Waals surface area contributed by atoms with E-state index in [1.54, 1.807) is 24.3 Å². The van der Waals surface area contributed by atoms with Crippen molar-refractivity contribution < 1.29 is 14.3 Å². The number of carbonyl (C=O) groups is 1. The summed E-state index contributed by atoms with van der Waals surface area (Å²) in [6.45, 7) is 0.104. The Labute approximate surface area is 134 Å². The van der Waals surface area contributed by atoms with E-state index in [-0.39, 0.29) is 12.5 Å². The molecule has 4 heteroatoms. The Bertz CT molecular complexity index is 749. The lowest BCUT2D eigenvalue weighted by Gasteiger charge is -2.10. The van der Waals surface area contributed by atoms with Crippen LogP contribution >= 0.6 is 0 Å². The highest BCUT2D eigenvalue weighted by atomic mass is 16.4. The van der Waals surface area contributed by atoms with Gasteiger partial charge in [0.05, 0.1) is 12.8 Å². The van der Waals surface area contributed by atoms with Gasteiger partial charge in [-0.1, -0.05) is 42.5 Å². The van der Waals surface area contributed by atoms with Crippen LogP contribution in [0.25, 0.3) is 11.1 Å². The van der Waals surface area contributed by atoms with Gasteiger partial charge in [0.15, 0.2) is 0 Å². The van der Waals surface area contributed by atoms with Crippen LogP contribution in [0, 0.1) is 0 Å². The van der Waals surface area contributed by atoms with Gasteiger partial charge in [-0.05, 0) is 35.4 Å². The molecule has 0 fully saturated rings. The molecule has 0 aliphatic carbocycles. The molecule has 4 nitrogen and oxygen atoms in total. The quantitative estimate of drug-likeness (QED) is 0.759. The number of benzene rings is 2. The van der Waals surface area contributed by atoms with E-state index in [2.05, 4.69) is 5.32 Å². The summed E-state index contributed by atoms with van der Waals surface area (Å²) in [5.74, 6) is 0.208. The summed E-state index contributed by atoms with van der Waals surface area (Å²) in [5, 5.41) is 12.6. The van der Waals surface area contributed by atoms with E-state index in [1.807, 2.05) is 42.5 Å². The predicted octanol–water partition coefficient (Wildman–Crippen LogP) is 3.41. The van der Waals surface area contributed by atoms with Crippen molar-refractivity contribution in [2.24, 2.45) is 0 Å². The molecule has 0 aliphatic rings. The Kier molecular flexibility index (Phi) is 4.54. The Morgan fingerprint density at radius 2 is 1.65 bits per heavy atom. The van der Waals surface area contributed by atoms with E-state index < -0.39 is 6.10 Å². The lowest BCUT2D eigenvalue weighted by Crippen LogP contribution is -2.28. The average Bonchev–Trinajstić information content (AvgIpc) is 3.15. The molecule has 0 aliphatic heterocycles. The van der Waals surface area contributed by atoms with Crippen LogP contribution in [0.15, 0.2) is 77.4 Å². The van der Waals surface area contributed by atoms with Crippen LogP contribution in [0.4, 0.5) is 0 Å². The van der Waals surface area contributed by atoms with E-state index in [0.717, 1.165) is 11.1 Å². The Balaban J connectivity index is 1.62. The van der Waals surface area contributed by atoms with Crippen LogP contribution in [0.5, 0.6) is 0 Å². The van der Waals surface area contributed by atoms with Gasteiger partial charge in [-0.3, -0.25) is 4.79 Å². The van der Waals surface area contributed by atoms with Gasteiger partial charge in [-0.15, -0.1) is 0 Å². The van der Waals surface area contributed by atoms with Gasteiger partial charge in [0, 0.05) is 5.56 Å². The highest BCUT2D eigenvalue weighted by Crippen LogP contribution is 2.19. The third-order valence-corrected chi connectivity index (χ3v) is 3.58. The van der Waals surface area contributed by atoms with Crippen LogP contribution in [-0.2, 0) is 0 Å². The van der Waals surface area contributed by atoms with Gasteiger partial charge in [0.25, 0.3) is 5.91 Å². The maximum absolute atomic E-state index is 12.1. The first-order valence-electron chi connectivity index (χ1n) is 7.39. The van der Waals surface area contributed by atoms with Crippen LogP contribution in [0.1, 0.15) is 22.2 Å². The molecule has 0 bridgehead atoms. The summed E-state index contributed by atoms with van der Waals surface area (Å²) in [7, 11) is 0. The standard InChI is InChI=1S/C19H17NO3/c21-17(18-7-4-12-23-18)13-20-19(22)16-10-8-15(9-11-16)14-5-2-1-3-6-14/h1-12,17,21H,13H2,(H,20,22). The fraction of sp³-hybridized carbons (Fsp3) is 0.105. The Hall–Kier alpha value is -2.85. The maximum Gasteiger partial charge on any atom is 0.251 e. The van der Waals surface area contributed by atoms with Gasteiger partial charge in [0.2, 0.25) is 0 Å². The smallest absolute Gasteiger partial charge is 0.251 e. The summed E-state index contributed by atoms with van der Waals surface area (Å²) in [4.78, 5) is 12.1. The van der Waals surface area contributed by atoms with Gasteiger partial charge < -0.3 is 14.8 Å². The van der Waals surface area contributed by atoms with Crippen molar-refractivity contribution in [3.8, 4) is 11.1 Å². The Morgan fingerprint density at radius 3 is 2.30 bits per heavy atom. The number of rotatable bonds is 5. The van der Waals surface area contributed by atoms with Crippen molar-refractivity contribution in [2.75, 3.05) is 6.54 Å². The minimum Gasteiger partial charge on any atom is -0.467 e. The van der Waals surface area contributed by atoms with Gasteiger partial charge >= 0.3 is 0 Å². The lowest BCUT2D eigenvalue weighted by molar-refractivity contribution is 0.0901. The third-order valence-electron chi connectivity index (χ3n) is 3.58. The largest absolute Gasteiger partial charge is 0.467 e. The van der Waals surface area contributed by atoms with Crippen molar-refractivity contribution in [3.05, 3.63) is 84.3 Å². The zero-order valence-electron chi connectivity index (χ0n) is 12.5. The van der Waals surface area contributed by atoms with Crippen LogP contribution < -0.4 is 5.32 Å². The van der Waals surface area contributed by atoms with Crippen LogP contribution in [-0.4, -0.2) is 17.6 Å². The maximum atomic E-state index is 12.1. The summed E-state index contributed by atoms with van der Waals surface area (Å²) < 4.78 is 5.10. The SMILES string of the molecule is O=C(NCC(O)c1ccco1)c1ccc(-c2ccccc2)cc1. The second kappa shape index (κ2) is 6.94. The molecule has 2 N–H and O–H groups in total. The van der Waals surface area contributed by atoms with Crippen molar-refractivity contribution in [1.82, 2.24) is 5.32 Å². The van der Waals surface area contributed by atoms with Crippen molar-refractivity contribution in [1.29, 1.82) is 0 Å². The zero-order chi connectivity index (χ0) is 16.1. The molecular formula is C19H17NO3. The molecule has 23 heavy (non-hydrogen) atoms. The molecule has 1 unspecified atom stereocenters. The average molecular weight is 307 g/mol. The molecule has 116 valence electrons. The number of amides is 1. The molecule has 0 spiro atoms. The van der Waals surface area contributed by atoms with Crippen molar-refractivity contribution >= 4 is 5.91 Å². The molecule has 0 radical (unpaired) electrons. The Morgan fingerprint density at radius 1 is 0.957 bits per heavy atom. The normalized spacial score (nSPS) is 11.9. The minimum absolute atomic E-state index is 0.104. The lowest BCUT2D eigenvalue weighted by atomic mass is 10.0. The first-order chi connectivity index (χ1) is 11.2. The summed E-state index contributed by atoms with van der Waals surface area (Å²) in [5.41, 5.74) is 2.71. The van der Waals surface area contributed by atoms with Gasteiger partial charge in [0.1, 0.15) is 11.9 Å². The first-order valence-corrected chi connectivity index (χ1v) is 7.39. The molecule has 0 saturated carbocycles. The molecule has 3 aromatic rings. The van der Waals surface area contributed by atoms with E-state index in [0.29, 0.717) is 11.3 Å². The number of nitrogens with one attached hydrogen (secondary N) is 1. The molecule has 2 aromatic carbocycles. The van der Waals surface area contributed by atoms with E-state index in [9.17, 15) is 9.90 Å². The molecule has 1 heterocycles. The summed E-state index contributed by atoms with van der Waals surface area (Å²) in [6.07, 6.45) is 0.639. The molecule has 1 aromatic heterocycles. The molecule has 3 rings (SSSR count). The molecule has 1 amide bonds. The summed E-state index contributed by atoms with van der Waals surface area (Å²) in [6, 6.07) is 20.7. The third kappa shape index (κ3) is 3.67. The predicted molar refractivity (Wildman–Crippen MR) is 87.9 cm³/mol. The summed E-state index contributed by atoms with van der Waals surface area (Å²) >= 11 is 0. The zero-order valence-corrected chi connectivity index (χ0v) is 12.5. The number of aliphatic hydroxyl groups is 1. The highest BCUT2D eigenvalue weighted by Gasteiger charge is 2.12. The number of carbonyl (C=O) groups excluding carboxylic acids is 1. The second-order valence-corrected chi connectivity index (χ2v) is 5.18. The van der Waals surface area contributed by atoms with E-state index in [4.69, 9.17) is 4.42 Å². The van der Waals surface area contributed by atoms with E-state index >= 15 is 0 Å². The fourth-order valence-corrected chi connectivity index (χ4v) is 2.32. The second-order valence-electron chi connectivity index (χ2n) is 5.18. The van der Waals surface area contributed by atoms with Gasteiger partial charge in [-0.2, -0.15) is 0 Å². The monoisotopic (exact) mass is 307 g/mol. The van der Waals surface area contributed by atoms with Crippen molar-refractivity contribution in [2.45, 2.75) is 6.10 Å². The number of hydrogen-bond acceptors (Lipinski definition) is 3. The molecular weight excluding hydrogens is 290 g/mol. The van der Waals surface area contributed by atoms with E-state index in [1.165, 1.54) is 6.26 Å². The highest BCUT2D eigenvalue weighted by molar-refractivity contribution is 5.94. The number of furan rings is 1. The fourth-order valence-electron chi connectivity index (χ4n) is 2.32. The topological polar surface area (TPSA) is 62.5 Å². The van der Waals surface area contributed by atoms with Crippen LogP contribution in [0.2, 0.25) is 0 Å².